The second-order valence-corrected chi connectivity index (χ2v) is 5.79. The number of carbonyl (C=O) groups excluding carboxylic acids is 2. The summed E-state index contributed by atoms with van der Waals surface area (Å²) in [7, 11) is 2.84. The molecule has 23 heavy (non-hydrogen) atoms. The van der Waals surface area contributed by atoms with Crippen LogP contribution < -0.4 is 0 Å². The Morgan fingerprint density at radius 3 is 2.74 bits per heavy atom. The van der Waals surface area contributed by atoms with E-state index in [2.05, 4.69) is 0 Å². The summed E-state index contributed by atoms with van der Waals surface area (Å²) in [5.41, 5.74) is 0.136. The maximum atomic E-state index is 13.8. The Bertz CT molecular complexity index is 575. The molecular weight excluding hydrogens is 325 g/mol. The molecule has 0 aliphatic carbocycles. The molecule has 126 valence electrons. The number of ether oxygens (including phenoxy) is 2. The summed E-state index contributed by atoms with van der Waals surface area (Å²) in [6.07, 6.45) is 0.664. The molecule has 1 aliphatic rings. The van der Waals surface area contributed by atoms with E-state index in [1.165, 1.54) is 30.2 Å². The minimum atomic E-state index is -0.725. The van der Waals surface area contributed by atoms with Gasteiger partial charge < -0.3 is 14.4 Å². The number of esters is 1. The fourth-order valence-corrected chi connectivity index (χ4v) is 2.99. The third kappa shape index (κ3) is 4.00. The van der Waals surface area contributed by atoms with Gasteiger partial charge in [0.15, 0.2) is 0 Å². The van der Waals surface area contributed by atoms with Crippen molar-refractivity contribution in [2.45, 2.75) is 31.4 Å². The second-order valence-electron chi connectivity index (χ2n) is 5.39. The molecule has 0 N–H and O–H groups in total. The van der Waals surface area contributed by atoms with Crippen molar-refractivity contribution >= 4 is 23.5 Å². The van der Waals surface area contributed by atoms with E-state index in [0.717, 1.165) is 0 Å². The van der Waals surface area contributed by atoms with Gasteiger partial charge in [-0.05, 0) is 18.6 Å². The third-order valence-corrected chi connectivity index (χ3v) is 4.43. The van der Waals surface area contributed by atoms with Gasteiger partial charge in [-0.15, -0.1) is 0 Å². The average Bonchev–Trinajstić information content (AvgIpc) is 2.56. The molecule has 1 amide bonds. The molecule has 1 saturated heterocycles. The summed E-state index contributed by atoms with van der Waals surface area (Å²) >= 11 is 5.96. The zero-order valence-corrected chi connectivity index (χ0v) is 13.8. The molecule has 0 spiro atoms. The van der Waals surface area contributed by atoms with Crippen LogP contribution in [0.1, 0.15) is 18.4 Å². The van der Waals surface area contributed by atoms with Crippen molar-refractivity contribution in [2.75, 3.05) is 20.8 Å². The summed E-state index contributed by atoms with van der Waals surface area (Å²) in [5, 5.41) is 0.194. The van der Waals surface area contributed by atoms with Gasteiger partial charge in [0.1, 0.15) is 11.9 Å². The maximum absolute atomic E-state index is 13.8. The number of hydrogen-bond donors (Lipinski definition) is 0. The lowest BCUT2D eigenvalue weighted by atomic mass is 9.98. The predicted octanol–water partition coefficient (Wildman–Crippen LogP) is 2.20. The Balaban J connectivity index is 2.17. The minimum Gasteiger partial charge on any atom is -0.467 e. The topological polar surface area (TPSA) is 55.8 Å². The van der Waals surface area contributed by atoms with Gasteiger partial charge in [-0.2, -0.15) is 0 Å². The lowest BCUT2D eigenvalue weighted by molar-refractivity contribution is -0.157. The lowest BCUT2D eigenvalue weighted by Gasteiger charge is -2.37. The number of rotatable bonds is 4. The molecular formula is C16H19ClFNO4. The van der Waals surface area contributed by atoms with E-state index in [4.69, 9.17) is 21.1 Å². The number of carbonyl (C=O) groups is 2. The van der Waals surface area contributed by atoms with Crippen molar-refractivity contribution in [1.82, 2.24) is 4.90 Å². The van der Waals surface area contributed by atoms with E-state index < -0.39 is 17.8 Å². The zero-order valence-electron chi connectivity index (χ0n) is 13.1. The first-order chi connectivity index (χ1) is 11.0. The van der Waals surface area contributed by atoms with Gasteiger partial charge in [-0.25, -0.2) is 9.18 Å². The standard InChI is InChI=1S/C16H19ClFNO4/c1-22-10-6-7-19(14(8-10)16(21)23-2)15(20)9-11-12(17)4-3-5-13(11)18/h3-5,10,14H,6-9H2,1-2H3. The van der Waals surface area contributed by atoms with Gasteiger partial charge in [0.05, 0.1) is 19.6 Å². The smallest absolute Gasteiger partial charge is 0.328 e. The molecule has 0 bridgehead atoms. The van der Waals surface area contributed by atoms with Crippen molar-refractivity contribution < 1.29 is 23.5 Å². The Labute approximate surface area is 139 Å². The summed E-state index contributed by atoms with van der Waals surface area (Å²) in [4.78, 5) is 25.9. The fourth-order valence-electron chi connectivity index (χ4n) is 2.76. The van der Waals surface area contributed by atoms with E-state index >= 15 is 0 Å². The van der Waals surface area contributed by atoms with Crippen LogP contribution in [-0.4, -0.2) is 49.7 Å². The molecule has 5 nitrogen and oxygen atoms in total. The molecule has 2 atom stereocenters. The van der Waals surface area contributed by atoms with E-state index in [-0.39, 0.29) is 29.0 Å². The van der Waals surface area contributed by atoms with Crippen LogP contribution in [0.25, 0.3) is 0 Å². The molecule has 2 unspecified atom stereocenters. The second kappa shape index (κ2) is 7.75. The molecule has 0 saturated carbocycles. The number of amides is 1. The normalized spacial score (nSPS) is 21.1. The summed E-state index contributed by atoms with van der Waals surface area (Å²) in [6, 6.07) is 3.54. The van der Waals surface area contributed by atoms with Gasteiger partial charge in [0.2, 0.25) is 5.91 Å². The molecule has 0 radical (unpaired) electrons. The molecule has 1 aromatic carbocycles. The molecule has 1 heterocycles. The number of halogens is 2. The molecule has 1 aromatic rings. The number of methoxy groups -OCH3 is 2. The van der Waals surface area contributed by atoms with E-state index in [1.54, 1.807) is 7.11 Å². The number of benzene rings is 1. The number of likely N-dealkylation sites (tertiary alicyclic amines) is 1. The van der Waals surface area contributed by atoms with Gasteiger partial charge in [0.25, 0.3) is 0 Å². The number of nitrogens with zero attached hydrogens (tertiary/aromatic N) is 1. The van der Waals surface area contributed by atoms with Crippen molar-refractivity contribution in [2.24, 2.45) is 0 Å². The van der Waals surface area contributed by atoms with E-state index in [1.807, 2.05) is 0 Å². The first kappa shape index (κ1) is 17.7. The highest BCUT2D eigenvalue weighted by Crippen LogP contribution is 2.24. The van der Waals surface area contributed by atoms with Crippen LogP contribution >= 0.6 is 11.6 Å². The Morgan fingerprint density at radius 1 is 1.39 bits per heavy atom. The molecule has 7 heteroatoms. The quantitative estimate of drug-likeness (QED) is 0.786. The summed E-state index contributed by atoms with van der Waals surface area (Å²) in [5.74, 6) is -1.39. The SMILES string of the molecule is COC(=O)C1CC(OC)CCN1C(=O)Cc1c(F)cccc1Cl. The van der Waals surface area contributed by atoms with E-state index in [9.17, 15) is 14.0 Å². The predicted molar refractivity (Wildman–Crippen MR) is 82.7 cm³/mol. The zero-order chi connectivity index (χ0) is 17.0. The fraction of sp³-hybridized carbons (Fsp3) is 0.500. The lowest BCUT2D eigenvalue weighted by Crippen LogP contribution is -2.52. The van der Waals surface area contributed by atoms with Crippen LogP contribution in [0.3, 0.4) is 0 Å². The van der Waals surface area contributed by atoms with Crippen LogP contribution in [0, 0.1) is 5.82 Å². The number of hydrogen-bond acceptors (Lipinski definition) is 4. The largest absolute Gasteiger partial charge is 0.467 e. The first-order valence-electron chi connectivity index (χ1n) is 7.31. The van der Waals surface area contributed by atoms with Crippen molar-refractivity contribution in [3.05, 3.63) is 34.6 Å². The van der Waals surface area contributed by atoms with Crippen LogP contribution in [0.2, 0.25) is 5.02 Å². The third-order valence-electron chi connectivity index (χ3n) is 4.07. The molecule has 0 aromatic heterocycles. The summed E-state index contributed by atoms with van der Waals surface area (Å²) < 4.78 is 23.9. The molecule has 1 aliphatic heterocycles. The maximum Gasteiger partial charge on any atom is 0.328 e. The highest BCUT2D eigenvalue weighted by atomic mass is 35.5. The van der Waals surface area contributed by atoms with Crippen molar-refractivity contribution in [3.63, 3.8) is 0 Å². The van der Waals surface area contributed by atoms with Gasteiger partial charge >= 0.3 is 5.97 Å². The summed E-state index contributed by atoms with van der Waals surface area (Å²) in [6.45, 7) is 0.350. The Morgan fingerprint density at radius 2 is 2.13 bits per heavy atom. The highest BCUT2D eigenvalue weighted by Gasteiger charge is 2.37. The van der Waals surface area contributed by atoms with Gasteiger partial charge in [0, 0.05) is 30.7 Å². The van der Waals surface area contributed by atoms with Crippen LogP contribution in [-0.2, 0) is 25.5 Å². The van der Waals surface area contributed by atoms with Crippen LogP contribution in [0.15, 0.2) is 18.2 Å². The molecule has 1 fully saturated rings. The average molecular weight is 344 g/mol. The Kier molecular flexibility index (Phi) is 5.96. The highest BCUT2D eigenvalue weighted by molar-refractivity contribution is 6.31. The van der Waals surface area contributed by atoms with Gasteiger partial charge in [-0.1, -0.05) is 17.7 Å². The first-order valence-corrected chi connectivity index (χ1v) is 7.68. The number of piperidine rings is 1. The van der Waals surface area contributed by atoms with E-state index in [0.29, 0.717) is 19.4 Å². The molecule has 2 rings (SSSR count). The van der Waals surface area contributed by atoms with Gasteiger partial charge in [-0.3, -0.25) is 4.79 Å². The van der Waals surface area contributed by atoms with Crippen LogP contribution in [0.5, 0.6) is 0 Å². The monoisotopic (exact) mass is 343 g/mol. The van der Waals surface area contributed by atoms with Crippen LogP contribution in [0.4, 0.5) is 4.39 Å². The van der Waals surface area contributed by atoms with Crippen molar-refractivity contribution in [3.8, 4) is 0 Å². The minimum absolute atomic E-state index is 0.111. The Hall–Kier alpha value is -1.66. The van der Waals surface area contributed by atoms with Crippen molar-refractivity contribution in [1.29, 1.82) is 0 Å².